The van der Waals surface area contributed by atoms with Crippen molar-refractivity contribution in [2.45, 2.75) is 31.8 Å². The smallest absolute Gasteiger partial charge is 0.303 e. The van der Waals surface area contributed by atoms with Gasteiger partial charge in [-0.1, -0.05) is 43.3 Å². The van der Waals surface area contributed by atoms with Crippen molar-refractivity contribution < 1.29 is 14.3 Å². The molecule has 0 fully saturated rings. The number of carbonyl (C=O) groups excluding carboxylic acids is 2. The Bertz CT molecular complexity index is 490. The summed E-state index contributed by atoms with van der Waals surface area (Å²) in [6.07, 6.45) is 3.23. The molecule has 0 heterocycles. The lowest BCUT2D eigenvalue weighted by Gasteiger charge is -2.33. The van der Waals surface area contributed by atoms with Crippen molar-refractivity contribution >= 4 is 11.8 Å². The molecule has 2 rings (SSSR count). The van der Waals surface area contributed by atoms with Crippen LogP contribution in [-0.2, 0) is 19.7 Å². The van der Waals surface area contributed by atoms with Crippen molar-refractivity contribution in [2.24, 2.45) is 0 Å². The van der Waals surface area contributed by atoms with E-state index >= 15 is 0 Å². The van der Waals surface area contributed by atoms with E-state index in [2.05, 4.69) is 0 Å². The predicted octanol–water partition coefficient (Wildman–Crippen LogP) is 2.41. The summed E-state index contributed by atoms with van der Waals surface area (Å²) in [5.41, 5.74) is 0.848. The van der Waals surface area contributed by atoms with Gasteiger partial charge in [0.25, 0.3) is 0 Å². The van der Waals surface area contributed by atoms with Crippen LogP contribution in [0.15, 0.2) is 42.5 Å². The summed E-state index contributed by atoms with van der Waals surface area (Å²) in [5.74, 6) is -0.558. The van der Waals surface area contributed by atoms with Crippen LogP contribution in [0.4, 0.5) is 0 Å². The van der Waals surface area contributed by atoms with Crippen molar-refractivity contribution in [1.82, 2.24) is 0 Å². The summed E-state index contributed by atoms with van der Waals surface area (Å²) in [4.78, 5) is 22.7. The topological polar surface area (TPSA) is 43.4 Å². The average molecular weight is 244 g/mol. The van der Waals surface area contributed by atoms with Crippen LogP contribution in [0.2, 0.25) is 0 Å². The number of allylic oxidation sites excluding steroid dienone is 1. The van der Waals surface area contributed by atoms with E-state index in [-0.39, 0.29) is 11.2 Å². The standard InChI is InChI=1S/C15H16O3/c1-11(16)18-14-10-15(2,9-8-13(14)17)12-6-4-3-5-7-12/h3-9,14H,10H2,1-2H3. The summed E-state index contributed by atoms with van der Waals surface area (Å²) >= 11 is 0. The van der Waals surface area contributed by atoms with Crippen LogP contribution in [-0.4, -0.2) is 17.9 Å². The highest BCUT2D eigenvalue weighted by molar-refractivity contribution is 5.96. The summed E-state index contributed by atoms with van der Waals surface area (Å²) in [6.45, 7) is 3.37. The number of ether oxygens (including phenoxy) is 1. The van der Waals surface area contributed by atoms with Gasteiger partial charge < -0.3 is 4.74 Å². The highest BCUT2D eigenvalue weighted by Crippen LogP contribution is 2.34. The number of carbonyl (C=O) groups is 2. The van der Waals surface area contributed by atoms with Crippen molar-refractivity contribution in [3.63, 3.8) is 0 Å². The summed E-state index contributed by atoms with van der Waals surface area (Å²) < 4.78 is 5.08. The molecule has 0 aliphatic heterocycles. The molecule has 0 spiro atoms. The van der Waals surface area contributed by atoms with Gasteiger partial charge >= 0.3 is 5.97 Å². The van der Waals surface area contributed by atoms with E-state index in [0.29, 0.717) is 6.42 Å². The molecule has 2 unspecified atom stereocenters. The average Bonchev–Trinajstić information content (AvgIpc) is 2.35. The molecule has 0 aromatic heterocycles. The van der Waals surface area contributed by atoms with Crippen LogP contribution in [0.5, 0.6) is 0 Å². The van der Waals surface area contributed by atoms with E-state index in [1.165, 1.54) is 13.0 Å². The molecule has 1 aliphatic rings. The predicted molar refractivity (Wildman–Crippen MR) is 68.1 cm³/mol. The molecule has 1 aliphatic carbocycles. The second kappa shape index (κ2) is 4.77. The molecular weight excluding hydrogens is 228 g/mol. The fraction of sp³-hybridized carbons (Fsp3) is 0.333. The molecule has 94 valence electrons. The minimum atomic E-state index is -0.669. The second-order valence-corrected chi connectivity index (χ2v) is 4.82. The van der Waals surface area contributed by atoms with Gasteiger partial charge in [-0.05, 0) is 11.6 Å². The summed E-state index contributed by atoms with van der Waals surface area (Å²) in [7, 11) is 0. The van der Waals surface area contributed by atoms with Gasteiger partial charge in [0.2, 0.25) is 0 Å². The van der Waals surface area contributed by atoms with Crippen molar-refractivity contribution in [3.05, 3.63) is 48.0 Å². The Morgan fingerprint density at radius 2 is 2.00 bits per heavy atom. The van der Waals surface area contributed by atoms with Gasteiger partial charge in [0.1, 0.15) is 0 Å². The Balaban J connectivity index is 2.28. The van der Waals surface area contributed by atoms with Crippen LogP contribution in [0.1, 0.15) is 25.8 Å². The largest absolute Gasteiger partial charge is 0.454 e. The van der Waals surface area contributed by atoms with Crippen molar-refractivity contribution in [3.8, 4) is 0 Å². The summed E-state index contributed by atoms with van der Waals surface area (Å²) in [5, 5.41) is 0. The molecule has 0 radical (unpaired) electrons. The lowest BCUT2D eigenvalue weighted by Crippen LogP contribution is -2.37. The zero-order valence-electron chi connectivity index (χ0n) is 10.6. The first-order valence-corrected chi connectivity index (χ1v) is 5.97. The number of benzene rings is 1. The number of esters is 1. The maximum absolute atomic E-state index is 11.7. The Hall–Kier alpha value is -1.90. The number of hydrogen-bond donors (Lipinski definition) is 0. The molecule has 0 N–H and O–H groups in total. The lowest BCUT2D eigenvalue weighted by atomic mass is 9.74. The van der Waals surface area contributed by atoms with Gasteiger partial charge in [-0.2, -0.15) is 0 Å². The van der Waals surface area contributed by atoms with Gasteiger partial charge in [-0.3, -0.25) is 9.59 Å². The van der Waals surface area contributed by atoms with Crippen LogP contribution < -0.4 is 0 Å². The highest BCUT2D eigenvalue weighted by atomic mass is 16.5. The third-order valence-corrected chi connectivity index (χ3v) is 3.28. The molecule has 0 saturated heterocycles. The van der Waals surface area contributed by atoms with Gasteiger partial charge in [0, 0.05) is 18.8 Å². The summed E-state index contributed by atoms with van der Waals surface area (Å²) in [6, 6.07) is 9.92. The molecule has 0 saturated carbocycles. The molecule has 1 aromatic rings. The number of ketones is 1. The van der Waals surface area contributed by atoms with Gasteiger partial charge in [-0.15, -0.1) is 0 Å². The maximum atomic E-state index is 11.7. The zero-order valence-corrected chi connectivity index (χ0v) is 10.6. The van der Waals surface area contributed by atoms with Gasteiger partial charge in [-0.25, -0.2) is 0 Å². The Kier molecular flexibility index (Phi) is 3.32. The van der Waals surface area contributed by atoms with E-state index in [9.17, 15) is 9.59 Å². The molecule has 18 heavy (non-hydrogen) atoms. The molecule has 0 bridgehead atoms. The maximum Gasteiger partial charge on any atom is 0.303 e. The highest BCUT2D eigenvalue weighted by Gasteiger charge is 2.35. The number of rotatable bonds is 2. The monoisotopic (exact) mass is 244 g/mol. The normalized spacial score (nSPS) is 27.0. The third-order valence-electron chi connectivity index (χ3n) is 3.28. The Morgan fingerprint density at radius 1 is 1.33 bits per heavy atom. The first kappa shape index (κ1) is 12.6. The quantitative estimate of drug-likeness (QED) is 0.750. The van der Waals surface area contributed by atoms with Crippen LogP contribution in [0.25, 0.3) is 0 Å². The SMILES string of the molecule is CC(=O)OC1CC(C)(c2ccccc2)C=CC1=O. The van der Waals surface area contributed by atoms with Gasteiger partial charge in [0.05, 0.1) is 0 Å². The van der Waals surface area contributed by atoms with Crippen LogP contribution >= 0.6 is 0 Å². The molecular formula is C15H16O3. The van der Waals surface area contributed by atoms with E-state index < -0.39 is 12.1 Å². The minimum absolute atomic E-state index is 0.140. The van der Waals surface area contributed by atoms with E-state index in [1.807, 2.05) is 43.3 Å². The fourth-order valence-corrected chi connectivity index (χ4v) is 2.26. The lowest BCUT2D eigenvalue weighted by molar-refractivity contribution is -0.152. The molecule has 0 amide bonds. The molecule has 3 nitrogen and oxygen atoms in total. The fourth-order valence-electron chi connectivity index (χ4n) is 2.26. The third kappa shape index (κ3) is 2.50. The first-order valence-electron chi connectivity index (χ1n) is 5.97. The van der Waals surface area contributed by atoms with Crippen LogP contribution in [0, 0.1) is 0 Å². The Labute approximate surface area is 106 Å². The first-order chi connectivity index (χ1) is 8.51. The molecule has 1 aromatic carbocycles. The van der Waals surface area contributed by atoms with Crippen molar-refractivity contribution in [2.75, 3.05) is 0 Å². The molecule has 3 heteroatoms. The molecule has 2 atom stereocenters. The van der Waals surface area contributed by atoms with E-state index in [4.69, 9.17) is 4.74 Å². The zero-order chi connectivity index (χ0) is 13.2. The van der Waals surface area contributed by atoms with E-state index in [0.717, 1.165) is 5.56 Å². The number of hydrogen-bond acceptors (Lipinski definition) is 3. The Morgan fingerprint density at radius 3 is 2.61 bits per heavy atom. The minimum Gasteiger partial charge on any atom is -0.454 e. The van der Waals surface area contributed by atoms with E-state index in [1.54, 1.807) is 0 Å². The van der Waals surface area contributed by atoms with Crippen molar-refractivity contribution in [1.29, 1.82) is 0 Å². The second-order valence-electron chi connectivity index (χ2n) is 4.82. The van der Waals surface area contributed by atoms with Crippen LogP contribution in [0.3, 0.4) is 0 Å². The van der Waals surface area contributed by atoms with Gasteiger partial charge in [0.15, 0.2) is 11.9 Å².